The molecule has 1 aromatic heterocycles. The molecule has 1 heterocycles. The molecule has 1 amide bonds. The largest absolute Gasteiger partial charge is 0.419 e. The van der Waals surface area contributed by atoms with Crippen molar-refractivity contribution in [1.29, 1.82) is 5.26 Å². The fourth-order valence-corrected chi connectivity index (χ4v) is 4.92. The summed E-state index contributed by atoms with van der Waals surface area (Å²) in [5, 5.41) is 12.5. The lowest BCUT2D eigenvalue weighted by atomic mass is 9.93. The zero-order valence-electron chi connectivity index (χ0n) is 19.4. The molecule has 1 aliphatic carbocycles. The van der Waals surface area contributed by atoms with Crippen LogP contribution in [0.15, 0.2) is 75.9 Å². The maximum atomic E-state index is 12.9. The Morgan fingerprint density at radius 1 is 1.17 bits per heavy atom. The molecule has 7 heteroatoms. The third-order valence-electron chi connectivity index (χ3n) is 6.91. The number of aryl methyl sites for hydroxylation is 2. The van der Waals surface area contributed by atoms with Crippen LogP contribution in [0.2, 0.25) is 0 Å². The molecule has 0 radical (unpaired) electrons. The summed E-state index contributed by atoms with van der Waals surface area (Å²) < 4.78 is 6.67. The van der Waals surface area contributed by atoms with E-state index in [0.717, 1.165) is 40.6 Å². The first kappa shape index (κ1) is 22.6. The van der Waals surface area contributed by atoms with Crippen LogP contribution in [0.5, 0.6) is 0 Å². The van der Waals surface area contributed by atoms with Crippen molar-refractivity contribution in [2.75, 3.05) is 0 Å². The molecule has 35 heavy (non-hydrogen) atoms. The molecule has 5 rings (SSSR count). The highest BCUT2D eigenvalue weighted by atomic mass is 16.4. The van der Waals surface area contributed by atoms with Crippen LogP contribution < -0.4 is 16.8 Å². The highest BCUT2D eigenvalue weighted by Gasteiger charge is 2.32. The average Bonchev–Trinajstić information content (AvgIpc) is 3.44. The average molecular weight is 467 g/mol. The lowest BCUT2D eigenvalue weighted by Gasteiger charge is -2.21. The molecule has 7 nitrogen and oxygen atoms in total. The summed E-state index contributed by atoms with van der Waals surface area (Å²) in [4.78, 5) is 24.6. The predicted molar refractivity (Wildman–Crippen MR) is 134 cm³/mol. The van der Waals surface area contributed by atoms with Crippen LogP contribution in [0.4, 0.5) is 0 Å². The van der Waals surface area contributed by atoms with Gasteiger partial charge in [-0.2, -0.15) is 5.26 Å². The van der Waals surface area contributed by atoms with Gasteiger partial charge in [-0.1, -0.05) is 54.6 Å². The van der Waals surface area contributed by atoms with Crippen LogP contribution in [-0.4, -0.2) is 22.6 Å². The Morgan fingerprint density at radius 2 is 1.91 bits per heavy atom. The summed E-state index contributed by atoms with van der Waals surface area (Å²) in [6, 6.07) is 22.3. The maximum absolute atomic E-state index is 12.9. The van der Waals surface area contributed by atoms with E-state index in [4.69, 9.17) is 10.2 Å². The van der Waals surface area contributed by atoms with E-state index in [2.05, 4.69) is 17.5 Å². The third-order valence-corrected chi connectivity index (χ3v) is 6.91. The van der Waals surface area contributed by atoms with E-state index in [-0.39, 0.29) is 11.8 Å². The highest BCUT2D eigenvalue weighted by molar-refractivity contribution is 5.83. The summed E-state index contributed by atoms with van der Waals surface area (Å²) in [6.07, 6.45) is 2.14. The number of amides is 1. The number of carbonyl (C=O) groups is 1. The number of aromatic nitrogens is 1. The first-order chi connectivity index (χ1) is 16.9. The standard InChI is InChI=1S/C28H26N4O3/c1-32-24-15-20(11-13-25(24)35-28(32)34)18-8-6-17(7-9-18)14-21(16-29)31-27(33)26(30)23-12-10-19-4-2-3-5-22(19)23/h2-9,11,13,15,21,23,26H,10,12,14,30H2,1H3,(H,31,33)/t21-,23+,26-/m0/s1. The van der Waals surface area contributed by atoms with Crippen LogP contribution in [0.1, 0.15) is 29.0 Å². The fourth-order valence-electron chi connectivity index (χ4n) is 4.92. The van der Waals surface area contributed by atoms with Gasteiger partial charge in [0.2, 0.25) is 5.91 Å². The molecular weight excluding hydrogens is 440 g/mol. The van der Waals surface area contributed by atoms with Gasteiger partial charge in [-0.15, -0.1) is 0 Å². The third kappa shape index (κ3) is 4.36. The van der Waals surface area contributed by atoms with Crippen molar-refractivity contribution in [3.63, 3.8) is 0 Å². The van der Waals surface area contributed by atoms with E-state index >= 15 is 0 Å². The number of carbonyl (C=O) groups excluding carboxylic acids is 1. The predicted octanol–water partition coefficient (Wildman–Crippen LogP) is 3.41. The Labute approximate surface area is 202 Å². The van der Waals surface area contributed by atoms with Crippen LogP contribution in [-0.2, 0) is 24.7 Å². The SMILES string of the molecule is Cn1c(=O)oc2ccc(-c3ccc(C[C@@H](C#N)NC(=O)[C@@H](N)[C@@H]4CCc5ccccc54)cc3)cc21. The minimum absolute atomic E-state index is 0.0307. The van der Waals surface area contributed by atoms with Crippen molar-refractivity contribution in [2.24, 2.45) is 12.8 Å². The van der Waals surface area contributed by atoms with Crippen molar-refractivity contribution in [1.82, 2.24) is 9.88 Å². The number of nitrogens with two attached hydrogens (primary N) is 1. The van der Waals surface area contributed by atoms with E-state index in [1.54, 1.807) is 13.1 Å². The van der Waals surface area contributed by atoms with Crippen molar-refractivity contribution in [3.8, 4) is 17.2 Å². The lowest BCUT2D eigenvalue weighted by Crippen LogP contribution is -2.48. The zero-order chi connectivity index (χ0) is 24.5. The first-order valence-corrected chi connectivity index (χ1v) is 11.7. The summed E-state index contributed by atoms with van der Waals surface area (Å²) in [5.41, 5.74) is 12.8. The Balaban J connectivity index is 1.25. The molecule has 3 aromatic carbocycles. The number of nitriles is 1. The number of benzene rings is 3. The van der Waals surface area contributed by atoms with E-state index in [9.17, 15) is 14.9 Å². The topological polar surface area (TPSA) is 114 Å². The number of nitrogens with zero attached hydrogens (tertiary/aromatic N) is 2. The minimum Gasteiger partial charge on any atom is -0.408 e. The van der Waals surface area contributed by atoms with Gasteiger partial charge < -0.3 is 15.5 Å². The molecule has 3 atom stereocenters. The first-order valence-electron chi connectivity index (χ1n) is 11.7. The van der Waals surface area contributed by atoms with Crippen molar-refractivity contribution in [3.05, 3.63) is 94.0 Å². The molecule has 176 valence electrons. The summed E-state index contributed by atoms with van der Waals surface area (Å²) in [6.45, 7) is 0. The van der Waals surface area contributed by atoms with Gasteiger partial charge in [0.1, 0.15) is 6.04 Å². The van der Waals surface area contributed by atoms with Crippen LogP contribution in [0.3, 0.4) is 0 Å². The van der Waals surface area contributed by atoms with Gasteiger partial charge in [-0.05, 0) is 52.8 Å². The molecule has 0 saturated heterocycles. The molecule has 0 saturated carbocycles. The van der Waals surface area contributed by atoms with Gasteiger partial charge in [0.05, 0.1) is 17.6 Å². The second-order valence-electron chi connectivity index (χ2n) is 9.07. The van der Waals surface area contributed by atoms with E-state index < -0.39 is 17.8 Å². The summed E-state index contributed by atoms with van der Waals surface area (Å²) in [5.74, 6) is -0.722. The van der Waals surface area contributed by atoms with Gasteiger partial charge in [0.15, 0.2) is 5.58 Å². The molecule has 0 spiro atoms. The molecule has 1 aliphatic rings. The quantitative estimate of drug-likeness (QED) is 0.452. The van der Waals surface area contributed by atoms with Gasteiger partial charge >= 0.3 is 5.76 Å². The molecule has 0 aliphatic heterocycles. The van der Waals surface area contributed by atoms with Gasteiger partial charge in [-0.3, -0.25) is 9.36 Å². The summed E-state index contributed by atoms with van der Waals surface area (Å²) in [7, 11) is 1.68. The second-order valence-corrected chi connectivity index (χ2v) is 9.07. The molecule has 4 aromatic rings. The normalized spacial score (nSPS) is 16.4. The molecule has 0 fully saturated rings. The smallest absolute Gasteiger partial charge is 0.408 e. The van der Waals surface area contributed by atoms with Gasteiger partial charge in [0, 0.05) is 19.4 Å². The summed E-state index contributed by atoms with van der Waals surface area (Å²) >= 11 is 0. The minimum atomic E-state index is -0.689. The maximum Gasteiger partial charge on any atom is 0.419 e. The number of fused-ring (bicyclic) bond motifs is 2. The van der Waals surface area contributed by atoms with Crippen molar-refractivity contribution >= 4 is 17.0 Å². The van der Waals surface area contributed by atoms with Gasteiger partial charge in [-0.25, -0.2) is 4.79 Å². The molecule has 3 N–H and O–H groups in total. The number of nitrogens with one attached hydrogen (secondary N) is 1. The van der Waals surface area contributed by atoms with Crippen LogP contribution in [0.25, 0.3) is 22.2 Å². The molecule has 0 unspecified atom stereocenters. The lowest BCUT2D eigenvalue weighted by molar-refractivity contribution is -0.123. The Bertz CT molecular complexity index is 1490. The van der Waals surface area contributed by atoms with E-state index in [1.165, 1.54) is 10.1 Å². The Morgan fingerprint density at radius 3 is 2.69 bits per heavy atom. The van der Waals surface area contributed by atoms with Crippen LogP contribution >= 0.6 is 0 Å². The molecule has 0 bridgehead atoms. The Hall–Kier alpha value is -4.15. The zero-order valence-corrected chi connectivity index (χ0v) is 19.4. The number of rotatable bonds is 6. The number of oxazole rings is 1. The van der Waals surface area contributed by atoms with Crippen molar-refractivity contribution in [2.45, 2.75) is 37.3 Å². The fraction of sp³-hybridized carbons (Fsp3) is 0.250. The second kappa shape index (κ2) is 9.24. The number of hydrogen-bond acceptors (Lipinski definition) is 5. The van der Waals surface area contributed by atoms with Crippen molar-refractivity contribution < 1.29 is 9.21 Å². The van der Waals surface area contributed by atoms with Gasteiger partial charge in [0.25, 0.3) is 0 Å². The van der Waals surface area contributed by atoms with E-state index in [0.29, 0.717) is 12.0 Å². The monoisotopic (exact) mass is 466 g/mol. The number of hydrogen-bond donors (Lipinski definition) is 2. The Kier molecular flexibility index (Phi) is 5.98. The van der Waals surface area contributed by atoms with Crippen LogP contribution in [0, 0.1) is 11.3 Å². The molecular formula is C28H26N4O3. The van der Waals surface area contributed by atoms with E-state index in [1.807, 2.05) is 54.6 Å². The highest BCUT2D eigenvalue weighted by Crippen LogP contribution is 2.34.